The Bertz CT molecular complexity index is 688. The molecule has 1 saturated carbocycles. The molecule has 2 N–H and O–H groups in total. The highest BCUT2D eigenvalue weighted by molar-refractivity contribution is 5.45. The number of aromatic amines is 1. The standard InChI is InChI=1S/C20H28N4O/c1-2-7-15(8-3-1)16-9-4-5-10-17(16)21-13-12-19-22-20(24-23-19)18-11-6-14-25-18/h6-7,11,14,16-17,21H,1-5,8-10,12-13H2,(H,22,23,24)/t16-,17+/m0/s1. The monoisotopic (exact) mass is 340 g/mol. The van der Waals surface area contributed by atoms with Crippen molar-refractivity contribution in [2.45, 2.75) is 63.8 Å². The Kier molecular flexibility index (Phi) is 5.31. The van der Waals surface area contributed by atoms with Crippen LogP contribution in [0.2, 0.25) is 0 Å². The second kappa shape index (κ2) is 8.00. The van der Waals surface area contributed by atoms with E-state index in [9.17, 15) is 0 Å². The Hall–Kier alpha value is -1.88. The van der Waals surface area contributed by atoms with Gasteiger partial charge in [-0.1, -0.05) is 24.5 Å². The summed E-state index contributed by atoms with van der Waals surface area (Å²) >= 11 is 0. The number of nitrogens with zero attached hydrogens (tertiary/aromatic N) is 2. The van der Waals surface area contributed by atoms with E-state index in [4.69, 9.17) is 4.42 Å². The van der Waals surface area contributed by atoms with Crippen molar-refractivity contribution in [3.05, 3.63) is 35.9 Å². The number of aromatic nitrogens is 3. The van der Waals surface area contributed by atoms with Gasteiger partial charge in [-0.3, -0.25) is 5.10 Å². The molecule has 0 unspecified atom stereocenters. The molecule has 4 rings (SSSR count). The average Bonchev–Trinajstić information content (AvgIpc) is 3.35. The molecule has 5 nitrogen and oxygen atoms in total. The van der Waals surface area contributed by atoms with Crippen LogP contribution in [-0.2, 0) is 6.42 Å². The number of rotatable bonds is 6. The zero-order chi connectivity index (χ0) is 16.9. The summed E-state index contributed by atoms with van der Waals surface area (Å²) in [5.41, 5.74) is 1.73. The lowest BCUT2D eigenvalue weighted by atomic mass is 9.76. The maximum Gasteiger partial charge on any atom is 0.216 e. The molecule has 0 aliphatic heterocycles. The number of hydrogen-bond donors (Lipinski definition) is 2. The number of furan rings is 1. The Balaban J connectivity index is 1.31. The molecule has 0 bridgehead atoms. The van der Waals surface area contributed by atoms with Crippen LogP contribution in [0, 0.1) is 5.92 Å². The lowest BCUT2D eigenvalue weighted by molar-refractivity contribution is 0.288. The van der Waals surface area contributed by atoms with Crippen LogP contribution < -0.4 is 5.32 Å². The summed E-state index contributed by atoms with van der Waals surface area (Å²) in [6.07, 6.45) is 15.8. The lowest BCUT2D eigenvalue weighted by Gasteiger charge is -2.35. The third kappa shape index (κ3) is 4.03. The molecule has 0 amide bonds. The molecule has 2 aromatic heterocycles. The van der Waals surface area contributed by atoms with E-state index in [0.717, 1.165) is 24.7 Å². The first-order valence-electron chi connectivity index (χ1n) is 9.77. The fraction of sp³-hybridized carbons (Fsp3) is 0.600. The minimum atomic E-state index is 0.630. The summed E-state index contributed by atoms with van der Waals surface area (Å²) < 4.78 is 5.35. The number of hydrogen-bond acceptors (Lipinski definition) is 4. The molecule has 2 aliphatic rings. The summed E-state index contributed by atoms with van der Waals surface area (Å²) in [6, 6.07) is 4.37. The van der Waals surface area contributed by atoms with Gasteiger partial charge in [0, 0.05) is 19.0 Å². The van der Waals surface area contributed by atoms with Gasteiger partial charge in [-0.2, -0.15) is 5.10 Å². The third-order valence-corrected chi connectivity index (χ3v) is 5.61. The summed E-state index contributed by atoms with van der Waals surface area (Å²) in [4.78, 5) is 4.53. The van der Waals surface area contributed by atoms with Gasteiger partial charge in [0.15, 0.2) is 5.76 Å². The van der Waals surface area contributed by atoms with Crippen molar-refractivity contribution in [3.63, 3.8) is 0 Å². The molecular weight excluding hydrogens is 312 g/mol. The van der Waals surface area contributed by atoms with Crippen molar-refractivity contribution in [3.8, 4) is 11.6 Å². The maximum atomic E-state index is 5.35. The molecule has 2 heterocycles. The molecule has 5 heteroatoms. The van der Waals surface area contributed by atoms with Gasteiger partial charge < -0.3 is 9.73 Å². The van der Waals surface area contributed by atoms with Gasteiger partial charge in [-0.25, -0.2) is 4.98 Å². The van der Waals surface area contributed by atoms with E-state index in [2.05, 4.69) is 26.6 Å². The molecule has 25 heavy (non-hydrogen) atoms. The third-order valence-electron chi connectivity index (χ3n) is 5.61. The van der Waals surface area contributed by atoms with Crippen LogP contribution in [-0.4, -0.2) is 27.8 Å². The van der Waals surface area contributed by atoms with E-state index in [1.165, 1.54) is 51.4 Å². The molecular formula is C20H28N4O. The minimum absolute atomic E-state index is 0.630. The fourth-order valence-electron chi connectivity index (χ4n) is 4.32. The van der Waals surface area contributed by atoms with E-state index in [-0.39, 0.29) is 0 Å². The van der Waals surface area contributed by atoms with Gasteiger partial charge in [0.25, 0.3) is 0 Å². The van der Waals surface area contributed by atoms with Gasteiger partial charge in [0.2, 0.25) is 5.82 Å². The predicted molar refractivity (Wildman–Crippen MR) is 98.1 cm³/mol. The summed E-state index contributed by atoms with van der Waals surface area (Å²) in [6.45, 7) is 0.946. The highest BCUT2D eigenvalue weighted by atomic mass is 16.3. The topological polar surface area (TPSA) is 66.7 Å². The fourth-order valence-corrected chi connectivity index (χ4v) is 4.32. The van der Waals surface area contributed by atoms with E-state index in [1.807, 2.05) is 12.1 Å². The van der Waals surface area contributed by atoms with Gasteiger partial charge in [0.05, 0.1) is 6.26 Å². The average molecular weight is 340 g/mol. The van der Waals surface area contributed by atoms with Crippen LogP contribution in [0.3, 0.4) is 0 Å². The number of nitrogens with one attached hydrogen (secondary N) is 2. The highest BCUT2D eigenvalue weighted by Crippen LogP contribution is 2.35. The smallest absolute Gasteiger partial charge is 0.216 e. The van der Waals surface area contributed by atoms with Gasteiger partial charge in [-0.15, -0.1) is 0 Å². The van der Waals surface area contributed by atoms with E-state index in [1.54, 1.807) is 11.8 Å². The quantitative estimate of drug-likeness (QED) is 0.771. The van der Waals surface area contributed by atoms with E-state index >= 15 is 0 Å². The molecule has 2 aromatic rings. The Morgan fingerprint density at radius 3 is 3.00 bits per heavy atom. The summed E-state index contributed by atoms with van der Waals surface area (Å²) in [5, 5.41) is 11.1. The van der Waals surface area contributed by atoms with Crippen LogP contribution in [0.4, 0.5) is 0 Å². The first-order valence-corrected chi connectivity index (χ1v) is 9.77. The molecule has 134 valence electrons. The largest absolute Gasteiger partial charge is 0.461 e. The van der Waals surface area contributed by atoms with Crippen molar-refractivity contribution in [1.29, 1.82) is 0 Å². The van der Waals surface area contributed by atoms with Gasteiger partial charge in [0.1, 0.15) is 5.82 Å². The normalized spacial score (nSPS) is 24.2. The van der Waals surface area contributed by atoms with Crippen LogP contribution >= 0.6 is 0 Å². The van der Waals surface area contributed by atoms with Crippen molar-refractivity contribution in [2.75, 3.05) is 6.54 Å². The first kappa shape index (κ1) is 16.6. The minimum Gasteiger partial charge on any atom is -0.461 e. The van der Waals surface area contributed by atoms with E-state index in [0.29, 0.717) is 17.6 Å². The number of allylic oxidation sites excluding steroid dienone is 1. The molecule has 2 atom stereocenters. The predicted octanol–water partition coefficient (Wildman–Crippen LogP) is 4.26. The van der Waals surface area contributed by atoms with Crippen LogP contribution in [0.1, 0.15) is 57.2 Å². The van der Waals surface area contributed by atoms with E-state index < -0.39 is 0 Å². The maximum absolute atomic E-state index is 5.35. The molecule has 0 aromatic carbocycles. The molecule has 0 radical (unpaired) electrons. The zero-order valence-corrected chi connectivity index (χ0v) is 14.8. The Morgan fingerprint density at radius 1 is 1.20 bits per heavy atom. The Labute approximate surface area is 149 Å². The van der Waals surface area contributed by atoms with Gasteiger partial charge in [-0.05, 0) is 56.6 Å². The summed E-state index contributed by atoms with van der Waals surface area (Å²) in [7, 11) is 0. The second-order valence-electron chi connectivity index (χ2n) is 7.31. The molecule has 1 fully saturated rings. The van der Waals surface area contributed by atoms with Crippen molar-refractivity contribution in [1.82, 2.24) is 20.5 Å². The SMILES string of the molecule is C1=C([C@@H]2CCCC[C@H]2NCCc2nc(-c3ccco3)n[nH]2)CCCC1. The van der Waals surface area contributed by atoms with Crippen LogP contribution in [0.15, 0.2) is 34.5 Å². The van der Waals surface area contributed by atoms with Crippen LogP contribution in [0.25, 0.3) is 11.6 Å². The van der Waals surface area contributed by atoms with Crippen molar-refractivity contribution < 1.29 is 4.42 Å². The van der Waals surface area contributed by atoms with Crippen LogP contribution in [0.5, 0.6) is 0 Å². The number of H-pyrrole nitrogens is 1. The summed E-state index contributed by atoms with van der Waals surface area (Å²) in [5.74, 6) is 3.03. The first-order chi connectivity index (χ1) is 12.4. The molecule has 0 saturated heterocycles. The zero-order valence-electron chi connectivity index (χ0n) is 14.8. The lowest BCUT2D eigenvalue weighted by Crippen LogP contribution is -2.40. The second-order valence-corrected chi connectivity index (χ2v) is 7.31. The van der Waals surface area contributed by atoms with Gasteiger partial charge >= 0.3 is 0 Å². The Morgan fingerprint density at radius 2 is 2.16 bits per heavy atom. The molecule has 0 spiro atoms. The molecule has 2 aliphatic carbocycles. The van der Waals surface area contributed by atoms with Crippen molar-refractivity contribution in [2.24, 2.45) is 5.92 Å². The van der Waals surface area contributed by atoms with Crippen molar-refractivity contribution >= 4 is 0 Å². The highest BCUT2D eigenvalue weighted by Gasteiger charge is 2.28.